The molecule has 0 unspecified atom stereocenters. The number of benzene rings is 2. The van der Waals surface area contributed by atoms with Crippen molar-refractivity contribution < 1.29 is 18.1 Å². The number of nitrogens with zero attached hydrogens (tertiary/aromatic N) is 3. The van der Waals surface area contributed by atoms with Gasteiger partial charge in [0.1, 0.15) is 12.4 Å². The number of hydrogen-bond donors (Lipinski definition) is 0. The molecule has 150 valence electrons. The molecule has 1 heterocycles. The van der Waals surface area contributed by atoms with E-state index in [9.17, 15) is 18.5 Å². The first-order valence-corrected chi connectivity index (χ1v) is 10.5. The first kappa shape index (κ1) is 20.2. The van der Waals surface area contributed by atoms with Crippen LogP contribution < -0.4 is 4.74 Å². The van der Waals surface area contributed by atoms with Crippen LogP contribution in [-0.4, -0.2) is 61.9 Å². The second-order valence-electron chi connectivity index (χ2n) is 6.58. The lowest BCUT2D eigenvalue weighted by molar-refractivity contribution is -0.387. The second-order valence-corrected chi connectivity index (χ2v) is 8.49. The lowest BCUT2D eigenvalue weighted by atomic mass is 10.2. The van der Waals surface area contributed by atoms with Gasteiger partial charge in [-0.15, -0.1) is 0 Å². The molecular formula is C19H23N3O5S. The Morgan fingerprint density at radius 1 is 1.04 bits per heavy atom. The van der Waals surface area contributed by atoms with E-state index in [-0.39, 0.29) is 4.90 Å². The zero-order chi connectivity index (χ0) is 20.1. The van der Waals surface area contributed by atoms with Crippen molar-refractivity contribution in [3.63, 3.8) is 0 Å². The van der Waals surface area contributed by atoms with Gasteiger partial charge >= 0.3 is 0 Å². The Bertz CT molecular complexity index is 940. The third kappa shape index (κ3) is 4.49. The van der Waals surface area contributed by atoms with E-state index in [0.717, 1.165) is 11.3 Å². The van der Waals surface area contributed by atoms with Crippen molar-refractivity contribution in [3.05, 3.63) is 64.2 Å². The molecule has 1 saturated heterocycles. The smallest absolute Gasteiger partial charge is 0.289 e. The summed E-state index contributed by atoms with van der Waals surface area (Å²) in [6.45, 7) is 4.88. The minimum Gasteiger partial charge on any atom is -0.492 e. The quantitative estimate of drug-likeness (QED) is 0.518. The summed E-state index contributed by atoms with van der Waals surface area (Å²) in [5.41, 5.74) is 0.680. The SMILES string of the molecule is Cc1ccccc1OCCN1CCN(S(=O)(=O)c2ccccc2[N+](=O)[O-])CC1. The van der Waals surface area contributed by atoms with E-state index in [1.54, 1.807) is 0 Å². The van der Waals surface area contributed by atoms with Gasteiger partial charge in [-0.1, -0.05) is 30.3 Å². The number of nitro groups is 1. The Hall–Kier alpha value is -2.49. The Balaban J connectivity index is 1.56. The van der Waals surface area contributed by atoms with Gasteiger partial charge in [0.25, 0.3) is 5.69 Å². The van der Waals surface area contributed by atoms with Crippen LogP contribution in [0, 0.1) is 17.0 Å². The fraction of sp³-hybridized carbons (Fsp3) is 0.368. The predicted molar refractivity (Wildman–Crippen MR) is 105 cm³/mol. The molecule has 2 aromatic rings. The number of ether oxygens (including phenoxy) is 1. The van der Waals surface area contributed by atoms with Crippen LogP contribution in [0.1, 0.15) is 5.56 Å². The number of nitro benzene ring substituents is 1. The molecule has 3 rings (SSSR count). The Kier molecular flexibility index (Phi) is 6.28. The first-order valence-electron chi connectivity index (χ1n) is 9.04. The highest BCUT2D eigenvalue weighted by molar-refractivity contribution is 7.89. The third-order valence-electron chi connectivity index (χ3n) is 4.77. The number of piperazine rings is 1. The average molecular weight is 405 g/mol. The van der Waals surface area contributed by atoms with Gasteiger partial charge in [0, 0.05) is 38.8 Å². The maximum Gasteiger partial charge on any atom is 0.289 e. The highest BCUT2D eigenvalue weighted by Crippen LogP contribution is 2.26. The summed E-state index contributed by atoms with van der Waals surface area (Å²) in [6, 6.07) is 13.3. The van der Waals surface area contributed by atoms with Crippen molar-refractivity contribution in [2.45, 2.75) is 11.8 Å². The molecule has 0 amide bonds. The number of para-hydroxylation sites is 2. The van der Waals surface area contributed by atoms with Gasteiger partial charge in [-0.3, -0.25) is 15.0 Å². The maximum atomic E-state index is 12.8. The molecule has 28 heavy (non-hydrogen) atoms. The molecule has 0 aromatic heterocycles. The zero-order valence-electron chi connectivity index (χ0n) is 15.7. The Labute approximate surface area is 164 Å². The lowest BCUT2D eigenvalue weighted by Gasteiger charge is -2.33. The molecule has 9 heteroatoms. The van der Waals surface area contributed by atoms with Crippen molar-refractivity contribution in [1.29, 1.82) is 0 Å². The molecular weight excluding hydrogens is 382 g/mol. The topological polar surface area (TPSA) is 93.0 Å². The number of hydrogen-bond acceptors (Lipinski definition) is 6. The van der Waals surface area contributed by atoms with Crippen molar-refractivity contribution in [3.8, 4) is 5.75 Å². The maximum absolute atomic E-state index is 12.8. The zero-order valence-corrected chi connectivity index (χ0v) is 16.5. The van der Waals surface area contributed by atoms with E-state index >= 15 is 0 Å². The van der Waals surface area contributed by atoms with Gasteiger partial charge in [0.2, 0.25) is 10.0 Å². The van der Waals surface area contributed by atoms with E-state index in [1.807, 2.05) is 31.2 Å². The number of rotatable bonds is 7. The number of aryl methyl sites for hydroxylation is 1. The molecule has 0 radical (unpaired) electrons. The monoisotopic (exact) mass is 405 g/mol. The van der Waals surface area contributed by atoms with Crippen LogP contribution in [0.3, 0.4) is 0 Å². The minimum absolute atomic E-state index is 0.253. The van der Waals surface area contributed by atoms with Crippen LogP contribution in [0.25, 0.3) is 0 Å². The fourth-order valence-electron chi connectivity index (χ4n) is 3.16. The Morgan fingerprint density at radius 3 is 2.36 bits per heavy atom. The summed E-state index contributed by atoms with van der Waals surface area (Å²) in [7, 11) is -3.90. The molecule has 0 N–H and O–H groups in total. The molecule has 8 nitrogen and oxygen atoms in total. The van der Waals surface area contributed by atoms with Crippen molar-refractivity contribution >= 4 is 15.7 Å². The van der Waals surface area contributed by atoms with Gasteiger partial charge in [0.05, 0.1) is 4.92 Å². The second kappa shape index (κ2) is 8.68. The molecule has 1 aliphatic heterocycles. The van der Waals surface area contributed by atoms with Gasteiger partial charge in [-0.25, -0.2) is 8.42 Å². The molecule has 0 atom stereocenters. The minimum atomic E-state index is -3.90. The largest absolute Gasteiger partial charge is 0.492 e. The van der Waals surface area contributed by atoms with Gasteiger partial charge in [-0.2, -0.15) is 4.31 Å². The van der Waals surface area contributed by atoms with Crippen LogP contribution in [0.5, 0.6) is 5.75 Å². The van der Waals surface area contributed by atoms with E-state index < -0.39 is 20.6 Å². The van der Waals surface area contributed by atoms with E-state index in [1.165, 1.54) is 28.6 Å². The summed E-state index contributed by atoms with van der Waals surface area (Å²) in [5.74, 6) is 0.847. The van der Waals surface area contributed by atoms with E-state index in [4.69, 9.17) is 4.74 Å². The predicted octanol–water partition coefficient (Wildman–Crippen LogP) is 2.29. The molecule has 1 aliphatic rings. The fourth-order valence-corrected chi connectivity index (χ4v) is 4.74. The van der Waals surface area contributed by atoms with Crippen molar-refractivity contribution in [2.75, 3.05) is 39.3 Å². The third-order valence-corrected chi connectivity index (χ3v) is 6.72. The normalized spacial score (nSPS) is 16.0. The molecule has 0 saturated carbocycles. The highest BCUT2D eigenvalue weighted by atomic mass is 32.2. The highest BCUT2D eigenvalue weighted by Gasteiger charge is 2.33. The standard InChI is InChI=1S/C19H23N3O5S/c1-16-6-2-4-8-18(16)27-15-14-20-10-12-21(13-11-20)28(25,26)19-9-5-3-7-17(19)22(23)24/h2-9H,10-15H2,1H3. The van der Waals surface area contributed by atoms with Gasteiger partial charge in [-0.05, 0) is 24.6 Å². The van der Waals surface area contributed by atoms with Crippen LogP contribution in [0.4, 0.5) is 5.69 Å². The molecule has 0 aliphatic carbocycles. The van der Waals surface area contributed by atoms with E-state index in [2.05, 4.69) is 4.90 Å². The summed E-state index contributed by atoms with van der Waals surface area (Å²) < 4.78 is 32.8. The van der Waals surface area contributed by atoms with Crippen LogP contribution in [0.15, 0.2) is 53.4 Å². The molecule has 0 bridgehead atoms. The van der Waals surface area contributed by atoms with Gasteiger partial charge in [0.15, 0.2) is 4.90 Å². The lowest BCUT2D eigenvalue weighted by Crippen LogP contribution is -2.49. The van der Waals surface area contributed by atoms with Gasteiger partial charge < -0.3 is 4.74 Å². The Morgan fingerprint density at radius 2 is 1.68 bits per heavy atom. The van der Waals surface area contributed by atoms with E-state index in [0.29, 0.717) is 39.3 Å². The molecule has 1 fully saturated rings. The summed E-state index contributed by atoms with van der Waals surface area (Å²) >= 11 is 0. The molecule has 0 spiro atoms. The summed E-state index contributed by atoms with van der Waals surface area (Å²) in [5, 5.41) is 11.2. The number of sulfonamides is 1. The summed E-state index contributed by atoms with van der Waals surface area (Å²) in [4.78, 5) is 12.4. The average Bonchev–Trinajstić information content (AvgIpc) is 2.70. The molecule has 2 aromatic carbocycles. The van der Waals surface area contributed by atoms with Crippen molar-refractivity contribution in [1.82, 2.24) is 9.21 Å². The van der Waals surface area contributed by atoms with Crippen LogP contribution >= 0.6 is 0 Å². The van der Waals surface area contributed by atoms with Crippen LogP contribution in [-0.2, 0) is 10.0 Å². The first-order chi connectivity index (χ1) is 13.4. The van der Waals surface area contributed by atoms with Crippen molar-refractivity contribution in [2.24, 2.45) is 0 Å². The van der Waals surface area contributed by atoms with Crippen LogP contribution in [0.2, 0.25) is 0 Å². The summed E-state index contributed by atoms with van der Waals surface area (Å²) in [6.07, 6.45) is 0.